The Bertz CT molecular complexity index is 318. The SMILES string of the molecule is Cc1cc(C)c(C)c(C(O)CCl)c1C. The van der Waals surface area contributed by atoms with Crippen molar-refractivity contribution in [1.82, 2.24) is 0 Å². The minimum atomic E-state index is -0.546. The van der Waals surface area contributed by atoms with Gasteiger partial charge in [0, 0.05) is 0 Å². The number of hydrogen-bond donors (Lipinski definition) is 1. The molecule has 0 amide bonds. The zero-order valence-corrected chi connectivity index (χ0v) is 9.94. The van der Waals surface area contributed by atoms with E-state index in [0.717, 1.165) is 16.7 Å². The molecule has 1 aromatic rings. The summed E-state index contributed by atoms with van der Waals surface area (Å²) in [5.41, 5.74) is 5.74. The van der Waals surface area contributed by atoms with Crippen LogP contribution >= 0.6 is 11.6 Å². The van der Waals surface area contributed by atoms with Crippen LogP contribution in [0.2, 0.25) is 0 Å². The van der Waals surface area contributed by atoms with Gasteiger partial charge in [0.05, 0.1) is 12.0 Å². The van der Waals surface area contributed by atoms with Crippen molar-refractivity contribution in [2.75, 3.05) is 5.88 Å². The Hall–Kier alpha value is -0.530. The maximum atomic E-state index is 9.81. The van der Waals surface area contributed by atoms with Gasteiger partial charge in [-0.15, -0.1) is 11.6 Å². The number of aliphatic hydroxyl groups is 1. The first-order chi connectivity index (χ1) is 6.49. The van der Waals surface area contributed by atoms with Gasteiger partial charge in [0.15, 0.2) is 0 Å². The number of benzene rings is 1. The highest BCUT2D eigenvalue weighted by atomic mass is 35.5. The number of aryl methyl sites for hydroxylation is 2. The van der Waals surface area contributed by atoms with Crippen molar-refractivity contribution in [2.45, 2.75) is 33.8 Å². The highest BCUT2D eigenvalue weighted by Crippen LogP contribution is 2.27. The molecule has 0 aliphatic rings. The third-order valence-electron chi connectivity index (χ3n) is 2.90. The zero-order chi connectivity index (χ0) is 10.9. The topological polar surface area (TPSA) is 20.2 Å². The lowest BCUT2D eigenvalue weighted by molar-refractivity contribution is 0.201. The fraction of sp³-hybridized carbons (Fsp3) is 0.500. The molecule has 1 unspecified atom stereocenters. The van der Waals surface area contributed by atoms with Gasteiger partial charge >= 0.3 is 0 Å². The van der Waals surface area contributed by atoms with Crippen molar-refractivity contribution in [3.63, 3.8) is 0 Å². The second kappa shape index (κ2) is 4.33. The van der Waals surface area contributed by atoms with Crippen molar-refractivity contribution >= 4 is 11.6 Å². The third-order valence-corrected chi connectivity index (χ3v) is 3.20. The van der Waals surface area contributed by atoms with E-state index in [0.29, 0.717) is 0 Å². The minimum Gasteiger partial charge on any atom is -0.387 e. The quantitative estimate of drug-likeness (QED) is 0.747. The molecule has 0 spiro atoms. The van der Waals surface area contributed by atoms with E-state index in [1.807, 2.05) is 13.8 Å². The maximum Gasteiger partial charge on any atom is 0.0930 e. The smallest absolute Gasteiger partial charge is 0.0930 e. The molecule has 0 fully saturated rings. The van der Waals surface area contributed by atoms with Crippen molar-refractivity contribution in [3.05, 3.63) is 33.9 Å². The van der Waals surface area contributed by atoms with Gasteiger partial charge in [0.1, 0.15) is 0 Å². The van der Waals surface area contributed by atoms with Gasteiger partial charge in [-0.1, -0.05) is 6.07 Å². The second-order valence-corrected chi connectivity index (χ2v) is 4.15. The monoisotopic (exact) mass is 212 g/mol. The molecule has 14 heavy (non-hydrogen) atoms. The molecule has 0 saturated carbocycles. The summed E-state index contributed by atoms with van der Waals surface area (Å²) in [5.74, 6) is 0.255. The first-order valence-corrected chi connectivity index (χ1v) is 5.33. The Morgan fingerprint density at radius 1 is 1.14 bits per heavy atom. The average Bonchev–Trinajstić information content (AvgIpc) is 2.15. The number of alkyl halides is 1. The zero-order valence-electron chi connectivity index (χ0n) is 9.19. The summed E-state index contributed by atoms with van der Waals surface area (Å²) in [5, 5.41) is 9.81. The van der Waals surface area contributed by atoms with Crippen molar-refractivity contribution < 1.29 is 5.11 Å². The molecular weight excluding hydrogens is 196 g/mol. The van der Waals surface area contributed by atoms with Gasteiger partial charge in [-0.3, -0.25) is 0 Å². The fourth-order valence-corrected chi connectivity index (χ4v) is 1.98. The summed E-state index contributed by atoms with van der Waals surface area (Å²) in [4.78, 5) is 0. The average molecular weight is 213 g/mol. The van der Waals surface area contributed by atoms with Crippen LogP contribution in [0.25, 0.3) is 0 Å². The van der Waals surface area contributed by atoms with E-state index in [-0.39, 0.29) is 5.88 Å². The molecule has 1 nitrogen and oxygen atoms in total. The minimum absolute atomic E-state index is 0.255. The van der Waals surface area contributed by atoms with Crippen LogP contribution < -0.4 is 0 Å². The molecule has 2 heteroatoms. The van der Waals surface area contributed by atoms with Crippen molar-refractivity contribution in [1.29, 1.82) is 0 Å². The third kappa shape index (κ3) is 1.94. The molecule has 1 aromatic carbocycles. The summed E-state index contributed by atoms with van der Waals surface area (Å²) in [6, 6.07) is 2.15. The van der Waals surface area contributed by atoms with Gasteiger partial charge in [-0.05, 0) is 55.5 Å². The van der Waals surface area contributed by atoms with Crippen molar-refractivity contribution in [3.8, 4) is 0 Å². The van der Waals surface area contributed by atoms with E-state index in [1.165, 1.54) is 11.1 Å². The molecule has 0 aromatic heterocycles. The predicted molar refractivity (Wildman–Crippen MR) is 61.1 cm³/mol. The van der Waals surface area contributed by atoms with Gasteiger partial charge in [-0.25, -0.2) is 0 Å². The normalized spacial score (nSPS) is 13.0. The number of hydrogen-bond acceptors (Lipinski definition) is 1. The molecule has 0 aliphatic carbocycles. The molecule has 0 heterocycles. The maximum absolute atomic E-state index is 9.81. The fourth-order valence-electron chi connectivity index (χ4n) is 1.82. The van der Waals surface area contributed by atoms with Crippen LogP contribution in [0.1, 0.15) is 33.9 Å². The van der Waals surface area contributed by atoms with E-state index >= 15 is 0 Å². The van der Waals surface area contributed by atoms with Crippen molar-refractivity contribution in [2.24, 2.45) is 0 Å². The van der Waals surface area contributed by atoms with E-state index in [2.05, 4.69) is 19.9 Å². The Balaban J connectivity index is 3.39. The largest absolute Gasteiger partial charge is 0.387 e. The summed E-state index contributed by atoms with van der Waals surface area (Å²) in [6.45, 7) is 8.19. The molecule has 0 radical (unpaired) electrons. The van der Waals surface area contributed by atoms with E-state index in [9.17, 15) is 5.11 Å². The van der Waals surface area contributed by atoms with E-state index < -0.39 is 6.10 Å². The number of aliphatic hydroxyl groups excluding tert-OH is 1. The highest BCUT2D eigenvalue weighted by Gasteiger charge is 2.15. The van der Waals surface area contributed by atoms with Crippen LogP contribution in [0.3, 0.4) is 0 Å². The van der Waals surface area contributed by atoms with Gasteiger partial charge in [-0.2, -0.15) is 0 Å². The van der Waals surface area contributed by atoms with Gasteiger partial charge in [0.2, 0.25) is 0 Å². The van der Waals surface area contributed by atoms with Crippen LogP contribution in [0, 0.1) is 27.7 Å². The number of rotatable bonds is 2. The molecule has 0 saturated heterocycles. The molecule has 1 atom stereocenters. The predicted octanol–water partition coefficient (Wildman–Crippen LogP) is 3.19. The van der Waals surface area contributed by atoms with Crippen LogP contribution in [0.15, 0.2) is 6.07 Å². The second-order valence-electron chi connectivity index (χ2n) is 3.84. The molecule has 1 rings (SSSR count). The van der Waals surface area contributed by atoms with Crippen LogP contribution in [-0.4, -0.2) is 11.0 Å². The van der Waals surface area contributed by atoms with E-state index in [4.69, 9.17) is 11.6 Å². The molecule has 1 N–H and O–H groups in total. The standard InChI is InChI=1S/C12H17ClO/c1-7-5-8(2)10(4)12(9(7)3)11(14)6-13/h5,11,14H,6H2,1-4H3. The molecular formula is C12H17ClO. The Morgan fingerprint density at radius 2 is 1.57 bits per heavy atom. The Labute approximate surface area is 90.7 Å². The van der Waals surface area contributed by atoms with Gasteiger partial charge < -0.3 is 5.11 Å². The summed E-state index contributed by atoms with van der Waals surface area (Å²) in [6.07, 6.45) is -0.546. The summed E-state index contributed by atoms with van der Waals surface area (Å²) < 4.78 is 0. The van der Waals surface area contributed by atoms with E-state index in [1.54, 1.807) is 0 Å². The number of halogens is 1. The Morgan fingerprint density at radius 3 is 1.93 bits per heavy atom. The summed E-state index contributed by atoms with van der Waals surface area (Å²) in [7, 11) is 0. The van der Waals surface area contributed by atoms with Crippen LogP contribution in [0.5, 0.6) is 0 Å². The molecule has 0 aliphatic heterocycles. The van der Waals surface area contributed by atoms with Gasteiger partial charge in [0.25, 0.3) is 0 Å². The molecule has 78 valence electrons. The Kier molecular flexibility index (Phi) is 3.57. The van der Waals surface area contributed by atoms with Crippen LogP contribution in [0.4, 0.5) is 0 Å². The molecule has 0 bridgehead atoms. The first-order valence-electron chi connectivity index (χ1n) is 4.80. The highest BCUT2D eigenvalue weighted by molar-refractivity contribution is 6.18. The van der Waals surface area contributed by atoms with Crippen LogP contribution in [-0.2, 0) is 0 Å². The lowest BCUT2D eigenvalue weighted by Crippen LogP contribution is -2.07. The first kappa shape index (κ1) is 11.5. The lowest BCUT2D eigenvalue weighted by Gasteiger charge is -2.18. The lowest BCUT2D eigenvalue weighted by atomic mass is 9.91. The summed E-state index contributed by atoms with van der Waals surface area (Å²) >= 11 is 5.69.